The summed E-state index contributed by atoms with van der Waals surface area (Å²) in [6.07, 6.45) is 0.158. The quantitative estimate of drug-likeness (QED) is 0.576. The Morgan fingerprint density at radius 1 is 1.20 bits per heavy atom. The Morgan fingerprint density at radius 3 is 2.53 bits per heavy atom. The van der Waals surface area contributed by atoms with Gasteiger partial charge in [-0.3, -0.25) is 14.4 Å². The van der Waals surface area contributed by atoms with Gasteiger partial charge in [0.25, 0.3) is 0 Å². The third kappa shape index (κ3) is 7.02. The Kier molecular flexibility index (Phi) is 9.11. The van der Waals surface area contributed by atoms with Gasteiger partial charge in [0, 0.05) is 25.9 Å². The van der Waals surface area contributed by atoms with E-state index in [1.807, 2.05) is 32.0 Å². The number of amides is 2. The van der Waals surface area contributed by atoms with Crippen molar-refractivity contribution in [1.29, 1.82) is 0 Å². The molecule has 2 amide bonds. The van der Waals surface area contributed by atoms with E-state index < -0.39 is 18.1 Å². The van der Waals surface area contributed by atoms with E-state index in [0.29, 0.717) is 24.6 Å². The van der Waals surface area contributed by atoms with Crippen LogP contribution >= 0.6 is 0 Å². The van der Waals surface area contributed by atoms with E-state index >= 15 is 0 Å². The number of hydrogen-bond donors (Lipinski definition) is 1. The van der Waals surface area contributed by atoms with Gasteiger partial charge in [0.05, 0.1) is 13.2 Å². The molecule has 0 bridgehead atoms. The van der Waals surface area contributed by atoms with Crippen LogP contribution in [-0.4, -0.2) is 78.2 Å². The number of para-hydroxylation sites is 1. The van der Waals surface area contributed by atoms with Gasteiger partial charge in [0.1, 0.15) is 24.9 Å². The van der Waals surface area contributed by atoms with Gasteiger partial charge in [0.15, 0.2) is 0 Å². The molecule has 1 fully saturated rings. The summed E-state index contributed by atoms with van der Waals surface area (Å²) in [6, 6.07) is 8.23. The highest BCUT2D eigenvalue weighted by molar-refractivity contribution is 5.90. The molecule has 166 valence electrons. The van der Waals surface area contributed by atoms with Crippen molar-refractivity contribution in [3.8, 4) is 5.75 Å². The van der Waals surface area contributed by atoms with Crippen molar-refractivity contribution in [2.75, 3.05) is 33.4 Å². The van der Waals surface area contributed by atoms with Crippen LogP contribution in [0, 0.1) is 5.92 Å². The lowest BCUT2D eigenvalue weighted by atomic mass is 10.0. The molecule has 1 aliphatic heterocycles. The number of piperazine rings is 1. The largest absolute Gasteiger partial charge is 0.491 e. The molecule has 30 heavy (non-hydrogen) atoms. The van der Waals surface area contributed by atoms with Gasteiger partial charge in [-0.1, -0.05) is 32.0 Å². The smallest absolute Gasteiger partial charge is 0.325 e. The molecule has 8 nitrogen and oxygen atoms in total. The van der Waals surface area contributed by atoms with Gasteiger partial charge in [0.2, 0.25) is 11.8 Å². The van der Waals surface area contributed by atoms with Crippen molar-refractivity contribution in [1.82, 2.24) is 9.80 Å². The molecule has 1 aromatic rings. The number of aliphatic hydroxyl groups is 1. The lowest BCUT2D eigenvalue weighted by Gasteiger charge is -2.41. The van der Waals surface area contributed by atoms with E-state index in [-0.39, 0.29) is 37.9 Å². The molecule has 2 rings (SSSR count). The van der Waals surface area contributed by atoms with E-state index in [2.05, 4.69) is 4.74 Å². The Morgan fingerprint density at radius 2 is 1.90 bits per heavy atom. The van der Waals surface area contributed by atoms with Gasteiger partial charge < -0.3 is 24.4 Å². The van der Waals surface area contributed by atoms with Crippen LogP contribution in [0.25, 0.3) is 0 Å². The normalized spacial score (nSPS) is 17.8. The fourth-order valence-corrected chi connectivity index (χ4v) is 3.33. The second-order valence-corrected chi connectivity index (χ2v) is 7.88. The maximum atomic E-state index is 13.0. The first-order chi connectivity index (χ1) is 14.3. The van der Waals surface area contributed by atoms with Crippen LogP contribution in [0.15, 0.2) is 30.3 Å². The number of carbonyl (C=O) groups excluding carboxylic acids is 3. The SMILES string of the molecule is COC(=O)CN1CCN(C(=O)CCC(C)C)C(CC(O)COc2ccccc2)C1=O. The minimum atomic E-state index is -0.947. The van der Waals surface area contributed by atoms with E-state index in [9.17, 15) is 19.5 Å². The van der Waals surface area contributed by atoms with Crippen LogP contribution in [0.3, 0.4) is 0 Å². The van der Waals surface area contributed by atoms with Crippen molar-refractivity contribution in [3.63, 3.8) is 0 Å². The number of ether oxygens (including phenoxy) is 2. The lowest BCUT2D eigenvalue weighted by molar-refractivity contribution is -0.157. The number of hydrogen-bond acceptors (Lipinski definition) is 6. The minimum absolute atomic E-state index is 0.00117. The highest BCUT2D eigenvalue weighted by Gasteiger charge is 2.39. The van der Waals surface area contributed by atoms with Crippen molar-refractivity contribution in [2.45, 2.75) is 45.3 Å². The number of methoxy groups -OCH3 is 1. The van der Waals surface area contributed by atoms with Crippen LogP contribution in [0.4, 0.5) is 0 Å². The predicted octanol–water partition coefficient (Wildman–Crippen LogP) is 1.46. The molecule has 1 aromatic carbocycles. The van der Waals surface area contributed by atoms with Crippen LogP contribution in [0.5, 0.6) is 5.75 Å². The second kappa shape index (κ2) is 11.5. The van der Waals surface area contributed by atoms with Crippen molar-refractivity contribution >= 4 is 17.8 Å². The summed E-state index contributed by atoms with van der Waals surface area (Å²) >= 11 is 0. The van der Waals surface area contributed by atoms with E-state index in [0.717, 1.165) is 6.42 Å². The monoisotopic (exact) mass is 420 g/mol. The number of benzene rings is 1. The summed E-state index contributed by atoms with van der Waals surface area (Å²) in [5.41, 5.74) is 0. The Bertz CT molecular complexity index is 709. The maximum Gasteiger partial charge on any atom is 0.325 e. The number of rotatable bonds is 10. The molecule has 1 heterocycles. The molecular weight excluding hydrogens is 388 g/mol. The van der Waals surface area contributed by atoms with Crippen molar-refractivity contribution < 1.29 is 29.0 Å². The molecule has 1 saturated heterocycles. The summed E-state index contributed by atoms with van der Waals surface area (Å²) in [6.45, 7) is 4.48. The minimum Gasteiger partial charge on any atom is -0.491 e. The zero-order valence-electron chi connectivity index (χ0n) is 18.0. The number of nitrogens with zero attached hydrogens (tertiary/aromatic N) is 2. The first-order valence-corrected chi connectivity index (χ1v) is 10.3. The Balaban J connectivity index is 2.06. The molecule has 2 atom stereocenters. The van der Waals surface area contributed by atoms with Crippen LogP contribution in [0.2, 0.25) is 0 Å². The Hall–Kier alpha value is -2.61. The summed E-state index contributed by atoms with van der Waals surface area (Å²) in [5, 5.41) is 10.5. The topological polar surface area (TPSA) is 96.4 Å². The van der Waals surface area contributed by atoms with Crippen molar-refractivity contribution in [3.05, 3.63) is 30.3 Å². The van der Waals surface area contributed by atoms with Gasteiger partial charge >= 0.3 is 5.97 Å². The number of carbonyl (C=O) groups is 3. The molecule has 0 spiro atoms. The second-order valence-electron chi connectivity index (χ2n) is 7.88. The van der Waals surface area contributed by atoms with E-state index in [1.54, 1.807) is 12.1 Å². The zero-order valence-corrected chi connectivity index (χ0v) is 18.0. The summed E-state index contributed by atoms with van der Waals surface area (Å²) in [4.78, 5) is 40.3. The van der Waals surface area contributed by atoms with Gasteiger partial charge in [-0.25, -0.2) is 0 Å². The molecule has 1 aliphatic rings. The first-order valence-electron chi connectivity index (χ1n) is 10.3. The van der Waals surface area contributed by atoms with E-state index in [1.165, 1.54) is 16.9 Å². The third-order valence-electron chi connectivity index (χ3n) is 5.07. The number of aliphatic hydroxyl groups excluding tert-OH is 1. The van der Waals surface area contributed by atoms with Crippen LogP contribution in [0.1, 0.15) is 33.1 Å². The predicted molar refractivity (Wildman–Crippen MR) is 111 cm³/mol. The fraction of sp³-hybridized carbons (Fsp3) is 0.591. The van der Waals surface area contributed by atoms with Gasteiger partial charge in [-0.05, 0) is 24.5 Å². The standard InChI is InChI=1S/C22H32N2O6/c1-16(2)9-10-20(26)24-12-11-23(14-21(27)29-3)22(28)19(24)13-17(25)15-30-18-7-5-4-6-8-18/h4-8,16-17,19,25H,9-15H2,1-3H3. The maximum absolute atomic E-state index is 13.0. The molecule has 0 aromatic heterocycles. The molecule has 2 unspecified atom stereocenters. The number of esters is 1. The van der Waals surface area contributed by atoms with Gasteiger partial charge in [-0.15, -0.1) is 0 Å². The molecular formula is C22H32N2O6. The molecule has 1 N–H and O–H groups in total. The van der Waals surface area contributed by atoms with Crippen LogP contribution in [-0.2, 0) is 19.1 Å². The molecule has 8 heteroatoms. The third-order valence-corrected chi connectivity index (χ3v) is 5.07. The highest BCUT2D eigenvalue weighted by atomic mass is 16.5. The molecule has 0 saturated carbocycles. The lowest BCUT2D eigenvalue weighted by Crippen LogP contribution is -2.60. The summed E-state index contributed by atoms with van der Waals surface area (Å²) in [7, 11) is 1.26. The van der Waals surface area contributed by atoms with Crippen molar-refractivity contribution in [2.24, 2.45) is 5.92 Å². The van der Waals surface area contributed by atoms with E-state index in [4.69, 9.17) is 4.74 Å². The summed E-state index contributed by atoms with van der Waals surface area (Å²) in [5.74, 6) is -0.00817. The van der Waals surface area contributed by atoms with Crippen LogP contribution < -0.4 is 4.74 Å². The average Bonchev–Trinajstić information content (AvgIpc) is 2.74. The molecule has 0 aliphatic carbocycles. The fourth-order valence-electron chi connectivity index (χ4n) is 3.33. The molecule has 0 radical (unpaired) electrons. The zero-order chi connectivity index (χ0) is 22.1. The average molecular weight is 421 g/mol. The van der Waals surface area contributed by atoms with Gasteiger partial charge in [-0.2, -0.15) is 0 Å². The first kappa shape index (κ1) is 23.7. The highest BCUT2D eigenvalue weighted by Crippen LogP contribution is 2.20. The summed E-state index contributed by atoms with van der Waals surface area (Å²) < 4.78 is 10.2. The Labute approximate surface area is 177 Å².